The molecular weight excluding hydrogens is 327 g/mol. The van der Waals surface area contributed by atoms with Gasteiger partial charge in [0.15, 0.2) is 0 Å². The first-order valence-electron chi connectivity index (χ1n) is 7.65. The third-order valence-electron chi connectivity index (χ3n) is 4.82. The molecule has 0 aromatic heterocycles. The molecule has 2 heterocycles. The second-order valence-corrected chi connectivity index (χ2v) is 7.61. The van der Waals surface area contributed by atoms with Crippen LogP contribution in [0.25, 0.3) is 0 Å². The van der Waals surface area contributed by atoms with Crippen LogP contribution in [0.15, 0.2) is 12.1 Å². The van der Waals surface area contributed by atoms with E-state index >= 15 is 0 Å². The summed E-state index contributed by atoms with van der Waals surface area (Å²) in [4.78, 5) is 2.49. The Morgan fingerprint density at radius 1 is 1.10 bits per heavy atom. The van der Waals surface area contributed by atoms with Gasteiger partial charge in [-0.3, -0.25) is 4.90 Å². The molecule has 0 radical (unpaired) electrons. The fraction of sp³-hybridized carbons (Fsp3) is 0.625. The molecule has 2 saturated heterocycles. The highest BCUT2D eigenvalue weighted by Crippen LogP contribution is 2.38. The predicted octanol–water partition coefficient (Wildman–Crippen LogP) is 4.61. The number of hydrogen-bond donors (Lipinski definition) is 1. The maximum atomic E-state index is 6.34. The van der Waals surface area contributed by atoms with Gasteiger partial charge >= 0.3 is 0 Å². The number of nitrogens with one attached hydrogen (secondary N) is 1. The number of hydrogen-bond acceptors (Lipinski definition) is 2. The number of benzene rings is 1. The molecule has 21 heavy (non-hydrogen) atoms. The Hall–Kier alpha value is 0.01000. The molecular formula is C16H21Cl3N2. The minimum Gasteiger partial charge on any atom is -0.316 e. The summed E-state index contributed by atoms with van der Waals surface area (Å²) >= 11 is 18.8. The molecule has 2 aliphatic rings. The maximum Gasteiger partial charge on any atom is 0.0652 e. The van der Waals surface area contributed by atoms with E-state index in [0.29, 0.717) is 20.5 Å². The topological polar surface area (TPSA) is 15.3 Å². The van der Waals surface area contributed by atoms with Crippen LogP contribution in [0, 0.1) is 5.41 Å². The van der Waals surface area contributed by atoms with Crippen molar-refractivity contribution in [1.29, 1.82) is 0 Å². The largest absolute Gasteiger partial charge is 0.316 e. The third-order valence-corrected chi connectivity index (χ3v) is 6.02. The van der Waals surface area contributed by atoms with Crippen molar-refractivity contribution in [3.8, 4) is 0 Å². The van der Waals surface area contributed by atoms with E-state index in [4.69, 9.17) is 34.8 Å². The normalized spacial score (nSPS) is 27.2. The van der Waals surface area contributed by atoms with Crippen LogP contribution in [-0.4, -0.2) is 31.1 Å². The summed E-state index contributed by atoms with van der Waals surface area (Å²) in [5.41, 5.74) is 1.40. The number of likely N-dealkylation sites (tertiary alicyclic amines) is 1. The van der Waals surface area contributed by atoms with Crippen molar-refractivity contribution in [2.75, 3.05) is 26.2 Å². The highest BCUT2D eigenvalue weighted by Gasteiger charge is 2.36. The van der Waals surface area contributed by atoms with Gasteiger partial charge in [0.2, 0.25) is 0 Å². The van der Waals surface area contributed by atoms with Crippen molar-refractivity contribution >= 4 is 34.8 Å². The Morgan fingerprint density at radius 3 is 2.62 bits per heavy atom. The maximum absolute atomic E-state index is 6.34. The summed E-state index contributed by atoms with van der Waals surface area (Å²) in [6.45, 7) is 5.33. The molecule has 0 aliphatic carbocycles. The second-order valence-electron chi connectivity index (χ2n) is 6.42. The summed E-state index contributed by atoms with van der Waals surface area (Å²) in [6, 6.07) is 3.60. The van der Waals surface area contributed by atoms with E-state index in [1.54, 1.807) is 6.07 Å². The van der Waals surface area contributed by atoms with Gasteiger partial charge in [-0.25, -0.2) is 0 Å². The molecule has 1 spiro atoms. The molecule has 1 N–H and O–H groups in total. The van der Waals surface area contributed by atoms with Crippen LogP contribution in [0.4, 0.5) is 0 Å². The van der Waals surface area contributed by atoms with Crippen molar-refractivity contribution in [2.45, 2.75) is 32.2 Å². The average Bonchev–Trinajstić information content (AvgIpc) is 2.49. The standard InChI is InChI=1S/C16H21Cl3N2/c17-13-3-4-14(18)15(19)12(13)9-21-8-2-6-16(11-21)5-1-7-20-10-16/h3-4,20H,1-2,5-11H2. The van der Waals surface area contributed by atoms with Crippen LogP contribution in [-0.2, 0) is 6.54 Å². The molecule has 0 bridgehead atoms. The van der Waals surface area contributed by atoms with Crippen molar-refractivity contribution in [2.24, 2.45) is 5.41 Å². The fourth-order valence-electron chi connectivity index (χ4n) is 3.76. The monoisotopic (exact) mass is 346 g/mol. The zero-order chi connectivity index (χ0) is 14.9. The van der Waals surface area contributed by atoms with Gasteiger partial charge in [-0.05, 0) is 56.3 Å². The Morgan fingerprint density at radius 2 is 1.86 bits per heavy atom. The molecule has 0 amide bonds. The lowest BCUT2D eigenvalue weighted by molar-refractivity contribution is 0.0601. The molecule has 1 aromatic carbocycles. The molecule has 1 aromatic rings. The smallest absolute Gasteiger partial charge is 0.0652 e. The van der Waals surface area contributed by atoms with Crippen molar-refractivity contribution in [1.82, 2.24) is 10.2 Å². The van der Waals surface area contributed by atoms with Crippen LogP contribution in [0.3, 0.4) is 0 Å². The predicted molar refractivity (Wildman–Crippen MR) is 90.5 cm³/mol. The molecule has 5 heteroatoms. The SMILES string of the molecule is Clc1ccc(Cl)c(CN2CCCC3(CCCNC3)C2)c1Cl. The van der Waals surface area contributed by atoms with Crippen LogP contribution in [0.5, 0.6) is 0 Å². The van der Waals surface area contributed by atoms with E-state index in [-0.39, 0.29) is 0 Å². The fourth-order valence-corrected chi connectivity index (χ4v) is 4.43. The Balaban J connectivity index is 1.74. The average molecular weight is 348 g/mol. The summed E-state index contributed by atoms with van der Waals surface area (Å²) in [6.07, 6.45) is 5.19. The summed E-state index contributed by atoms with van der Waals surface area (Å²) in [5, 5.41) is 5.46. The van der Waals surface area contributed by atoms with Crippen molar-refractivity contribution in [3.05, 3.63) is 32.8 Å². The van der Waals surface area contributed by atoms with Crippen LogP contribution < -0.4 is 5.32 Å². The third kappa shape index (κ3) is 3.51. The quantitative estimate of drug-likeness (QED) is 0.786. The summed E-state index contributed by atoms with van der Waals surface area (Å²) in [7, 11) is 0. The van der Waals surface area contributed by atoms with Gasteiger partial charge in [0.1, 0.15) is 0 Å². The number of piperidine rings is 2. The first kappa shape index (κ1) is 15.9. The Labute approximate surface area is 141 Å². The molecule has 2 fully saturated rings. The lowest BCUT2D eigenvalue weighted by atomic mass is 9.74. The van der Waals surface area contributed by atoms with Gasteiger partial charge in [0.05, 0.1) is 10.0 Å². The lowest BCUT2D eigenvalue weighted by Crippen LogP contribution is -2.50. The number of nitrogens with zero attached hydrogens (tertiary/aromatic N) is 1. The van der Waals surface area contributed by atoms with E-state index in [1.807, 2.05) is 6.07 Å². The highest BCUT2D eigenvalue weighted by molar-refractivity contribution is 6.44. The molecule has 116 valence electrons. The van der Waals surface area contributed by atoms with Gasteiger partial charge in [-0.15, -0.1) is 0 Å². The summed E-state index contributed by atoms with van der Waals surface area (Å²) < 4.78 is 0. The first-order chi connectivity index (χ1) is 10.1. The van der Waals surface area contributed by atoms with Gasteiger partial charge in [0.25, 0.3) is 0 Å². The molecule has 1 unspecified atom stereocenters. The van der Waals surface area contributed by atoms with Crippen LogP contribution >= 0.6 is 34.8 Å². The van der Waals surface area contributed by atoms with Crippen LogP contribution in [0.1, 0.15) is 31.2 Å². The molecule has 1 atom stereocenters. The van der Waals surface area contributed by atoms with Crippen molar-refractivity contribution < 1.29 is 0 Å². The van der Waals surface area contributed by atoms with Gasteiger partial charge in [-0.2, -0.15) is 0 Å². The van der Waals surface area contributed by atoms with E-state index in [9.17, 15) is 0 Å². The minimum atomic E-state index is 0.439. The minimum absolute atomic E-state index is 0.439. The second kappa shape index (κ2) is 6.64. The zero-order valence-electron chi connectivity index (χ0n) is 12.1. The first-order valence-corrected chi connectivity index (χ1v) is 8.79. The molecule has 3 rings (SSSR count). The molecule has 0 saturated carbocycles. The highest BCUT2D eigenvalue weighted by atomic mass is 35.5. The Kier molecular flexibility index (Phi) is 5.02. The van der Waals surface area contributed by atoms with Gasteiger partial charge < -0.3 is 5.32 Å². The van der Waals surface area contributed by atoms with E-state index < -0.39 is 0 Å². The number of halogens is 3. The zero-order valence-corrected chi connectivity index (χ0v) is 14.4. The van der Waals surface area contributed by atoms with E-state index in [1.165, 1.54) is 25.7 Å². The van der Waals surface area contributed by atoms with Gasteiger partial charge in [0, 0.05) is 30.2 Å². The number of rotatable bonds is 2. The van der Waals surface area contributed by atoms with Crippen LogP contribution in [0.2, 0.25) is 15.1 Å². The van der Waals surface area contributed by atoms with E-state index in [0.717, 1.165) is 38.3 Å². The van der Waals surface area contributed by atoms with Crippen molar-refractivity contribution in [3.63, 3.8) is 0 Å². The molecule has 2 aliphatic heterocycles. The van der Waals surface area contributed by atoms with E-state index in [2.05, 4.69) is 10.2 Å². The molecule has 2 nitrogen and oxygen atoms in total. The van der Waals surface area contributed by atoms with Gasteiger partial charge in [-0.1, -0.05) is 34.8 Å². The summed E-state index contributed by atoms with van der Waals surface area (Å²) in [5.74, 6) is 0. The lowest BCUT2D eigenvalue weighted by Gasteiger charge is -2.45. The Bertz CT molecular complexity index is 507.